The summed E-state index contributed by atoms with van der Waals surface area (Å²) < 4.78 is 10.5. The molecule has 1 heterocycles. The van der Waals surface area contributed by atoms with Crippen LogP contribution in [0.15, 0.2) is 24.3 Å². The average molecular weight is 366 g/mol. The predicted octanol–water partition coefficient (Wildman–Crippen LogP) is 1.31. The summed E-state index contributed by atoms with van der Waals surface area (Å²) in [4.78, 5) is 12.5. The number of phenols is 1. The van der Waals surface area contributed by atoms with Crippen LogP contribution in [-0.2, 0) is 11.2 Å². The molecule has 0 spiro atoms. The van der Waals surface area contributed by atoms with E-state index in [1.165, 1.54) is 19.3 Å². The number of fused-ring (bicyclic) bond motifs is 1. The number of aliphatic hydroxyl groups is 3. The normalized spacial score (nSPS) is 29.2. The van der Waals surface area contributed by atoms with E-state index in [4.69, 9.17) is 9.47 Å². The Morgan fingerprint density at radius 1 is 1.23 bits per heavy atom. The first-order chi connectivity index (χ1) is 12.3. The molecule has 0 saturated carbocycles. The molecule has 2 rings (SSSR count). The minimum absolute atomic E-state index is 0.0776. The van der Waals surface area contributed by atoms with Crippen LogP contribution in [0.2, 0.25) is 0 Å². The second-order valence-corrected chi connectivity index (χ2v) is 6.50. The van der Waals surface area contributed by atoms with Gasteiger partial charge in [0.2, 0.25) is 0 Å². The van der Waals surface area contributed by atoms with Gasteiger partial charge in [-0.15, -0.1) is 0 Å². The molecular formula is C19H26O7. The van der Waals surface area contributed by atoms with Crippen LogP contribution in [0.3, 0.4) is 0 Å². The smallest absolute Gasteiger partial charge is 0.342 e. The SMILES string of the molecule is COc1cc(O)c2c(c1)CCC[C@@H](O)[C@H](O)C(O)/C=C\C[C@H](C)OC2=O. The molecule has 0 bridgehead atoms. The van der Waals surface area contributed by atoms with Crippen molar-refractivity contribution >= 4 is 5.97 Å². The van der Waals surface area contributed by atoms with E-state index >= 15 is 0 Å². The van der Waals surface area contributed by atoms with Gasteiger partial charge in [0, 0.05) is 12.5 Å². The molecule has 0 aliphatic carbocycles. The minimum Gasteiger partial charge on any atom is -0.507 e. The van der Waals surface area contributed by atoms with Gasteiger partial charge in [-0.3, -0.25) is 0 Å². The van der Waals surface area contributed by atoms with Crippen molar-refractivity contribution in [2.24, 2.45) is 0 Å². The zero-order valence-corrected chi connectivity index (χ0v) is 15.0. The molecule has 1 aliphatic rings. The largest absolute Gasteiger partial charge is 0.507 e. The zero-order valence-electron chi connectivity index (χ0n) is 15.0. The van der Waals surface area contributed by atoms with E-state index in [9.17, 15) is 25.2 Å². The number of ether oxygens (including phenoxy) is 2. The van der Waals surface area contributed by atoms with Crippen LogP contribution >= 0.6 is 0 Å². The lowest BCUT2D eigenvalue weighted by molar-refractivity contribution is -0.0447. The van der Waals surface area contributed by atoms with Crippen LogP contribution in [0.1, 0.15) is 42.1 Å². The maximum atomic E-state index is 12.5. The lowest BCUT2D eigenvalue weighted by atomic mass is 9.96. The lowest BCUT2D eigenvalue weighted by Gasteiger charge is -2.22. The molecule has 0 saturated heterocycles. The van der Waals surface area contributed by atoms with Crippen molar-refractivity contribution in [3.05, 3.63) is 35.4 Å². The van der Waals surface area contributed by atoms with Gasteiger partial charge in [-0.2, -0.15) is 0 Å². The van der Waals surface area contributed by atoms with Gasteiger partial charge in [0.25, 0.3) is 0 Å². The molecule has 0 amide bonds. The number of carbonyl (C=O) groups is 1. The predicted molar refractivity (Wildman–Crippen MR) is 94.3 cm³/mol. The number of hydrogen-bond donors (Lipinski definition) is 4. The second kappa shape index (κ2) is 9.02. The van der Waals surface area contributed by atoms with Gasteiger partial charge in [0.15, 0.2) is 0 Å². The molecule has 1 unspecified atom stereocenters. The molecule has 4 N–H and O–H groups in total. The fourth-order valence-corrected chi connectivity index (χ4v) is 2.92. The summed E-state index contributed by atoms with van der Waals surface area (Å²) >= 11 is 0. The standard InChI is InChI=1S/C19H26O7/c1-11-5-3-7-14(20)18(23)15(21)8-4-6-12-9-13(25-2)10-16(22)17(12)19(24)26-11/h3,7,9-11,14-15,18,20-23H,4-6,8H2,1-2H3/b7-3-/t11-,14?,15+,18+/m0/s1. The number of rotatable bonds is 1. The highest BCUT2D eigenvalue weighted by Crippen LogP contribution is 2.30. The topological polar surface area (TPSA) is 116 Å². The summed E-state index contributed by atoms with van der Waals surface area (Å²) in [6.07, 6.45) is 0.176. The van der Waals surface area contributed by atoms with Crippen molar-refractivity contribution in [2.45, 2.75) is 57.0 Å². The van der Waals surface area contributed by atoms with Gasteiger partial charge in [0.05, 0.1) is 13.2 Å². The summed E-state index contributed by atoms with van der Waals surface area (Å²) in [5, 5.41) is 40.2. The number of phenolic OH excluding ortho intramolecular Hbond substituents is 1. The Morgan fingerprint density at radius 3 is 2.65 bits per heavy atom. The fourth-order valence-electron chi connectivity index (χ4n) is 2.92. The number of methoxy groups -OCH3 is 1. The Morgan fingerprint density at radius 2 is 1.96 bits per heavy atom. The Labute approximate surface area is 152 Å². The minimum atomic E-state index is -1.30. The van der Waals surface area contributed by atoms with Crippen LogP contribution in [0.5, 0.6) is 11.5 Å². The molecular weight excluding hydrogens is 340 g/mol. The Balaban J connectivity index is 2.35. The number of benzene rings is 1. The molecule has 1 aliphatic heterocycles. The third-order valence-electron chi connectivity index (χ3n) is 4.41. The van der Waals surface area contributed by atoms with Gasteiger partial charge in [-0.25, -0.2) is 4.79 Å². The number of carbonyl (C=O) groups excluding carboxylic acids is 1. The summed E-state index contributed by atoms with van der Waals surface area (Å²) in [6.45, 7) is 1.69. The summed E-state index contributed by atoms with van der Waals surface area (Å²) in [5.74, 6) is -0.461. The third-order valence-corrected chi connectivity index (χ3v) is 4.41. The molecule has 7 nitrogen and oxygen atoms in total. The Hall–Kier alpha value is -2.09. The molecule has 1 aromatic carbocycles. The van der Waals surface area contributed by atoms with Crippen molar-refractivity contribution in [1.82, 2.24) is 0 Å². The summed E-state index contributed by atoms with van der Waals surface area (Å²) in [6, 6.07) is 2.99. The van der Waals surface area contributed by atoms with Crippen LogP contribution in [0.25, 0.3) is 0 Å². The van der Waals surface area contributed by atoms with Crippen LogP contribution in [-0.4, -0.2) is 57.9 Å². The monoisotopic (exact) mass is 366 g/mol. The Kier molecular flexibility index (Phi) is 7.02. The molecule has 26 heavy (non-hydrogen) atoms. The van der Waals surface area contributed by atoms with Gasteiger partial charge in [-0.05, 0) is 37.8 Å². The Bertz CT molecular complexity index is 656. The molecule has 144 valence electrons. The van der Waals surface area contributed by atoms with Crippen molar-refractivity contribution in [2.75, 3.05) is 7.11 Å². The van der Waals surface area contributed by atoms with E-state index in [1.807, 2.05) is 0 Å². The van der Waals surface area contributed by atoms with E-state index in [2.05, 4.69) is 0 Å². The highest BCUT2D eigenvalue weighted by molar-refractivity contribution is 5.94. The number of hydrogen-bond acceptors (Lipinski definition) is 7. The molecule has 0 radical (unpaired) electrons. The molecule has 4 atom stereocenters. The molecule has 1 aromatic rings. The average Bonchev–Trinajstić information content (AvgIpc) is 2.59. The van der Waals surface area contributed by atoms with Crippen molar-refractivity contribution in [1.29, 1.82) is 0 Å². The van der Waals surface area contributed by atoms with Crippen molar-refractivity contribution in [3.63, 3.8) is 0 Å². The molecule has 0 aromatic heterocycles. The van der Waals surface area contributed by atoms with E-state index in [0.717, 1.165) is 0 Å². The number of cyclic esters (lactones) is 1. The molecule has 0 fully saturated rings. The van der Waals surface area contributed by atoms with E-state index < -0.39 is 30.4 Å². The first-order valence-corrected chi connectivity index (χ1v) is 8.65. The van der Waals surface area contributed by atoms with Gasteiger partial charge < -0.3 is 29.9 Å². The maximum Gasteiger partial charge on any atom is 0.342 e. The number of aromatic hydroxyl groups is 1. The van der Waals surface area contributed by atoms with Gasteiger partial charge in [0.1, 0.15) is 35.4 Å². The van der Waals surface area contributed by atoms with E-state index in [1.54, 1.807) is 19.1 Å². The van der Waals surface area contributed by atoms with Gasteiger partial charge in [-0.1, -0.05) is 12.2 Å². The van der Waals surface area contributed by atoms with Crippen LogP contribution < -0.4 is 4.74 Å². The first kappa shape index (κ1) is 20.2. The van der Waals surface area contributed by atoms with E-state index in [0.29, 0.717) is 30.6 Å². The quantitative estimate of drug-likeness (QED) is 0.437. The summed E-state index contributed by atoms with van der Waals surface area (Å²) in [7, 11) is 1.46. The van der Waals surface area contributed by atoms with Crippen molar-refractivity contribution in [3.8, 4) is 11.5 Å². The highest BCUT2D eigenvalue weighted by Gasteiger charge is 2.25. The number of aliphatic hydroxyl groups excluding tert-OH is 3. The van der Waals surface area contributed by atoms with Crippen LogP contribution in [0.4, 0.5) is 0 Å². The highest BCUT2D eigenvalue weighted by atomic mass is 16.5. The first-order valence-electron chi connectivity index (χ1n) is 8.65. The van der Waals surface area contributed by atoms with Gasteiger partial charge >= 0.3 is 5.97 Å². The number of esters is 1. The maximum absolute atomic E-state index is 12.5. The molecule has 7 heteroatoms. The van der Waals surface area contributed by atoms with Crippen LogP contribution in [0, 0.1) is 0 Å². The fraction of sp³-hybridized carbons (Fsp3) is 0.526. The zero-order chi connectivity index (χ0) is 19.3. The third kappa shape index (κ3) is 4.97. The van der Waals surface area contributed by atoms with Crippen molar-refractivity contribution < 1.29 is 34.7 Å². The lowest BCUT2D eigenvalue weighted by Crippen LogP contribution is -2.36. The summed E-state index contributed by atoms with van der Waals surface area (Å²) in [5.41, 5.74) is 0.614. The number of aryl methyl sites for hydroxylation is 1. The van der Waals surface area contributed by atoms with E-state index in [-0.39, 0.29) is 17.7 Å². The second-order valence-electron chi connectivity index (χ2n) is 6.50.